The van der Waals surface area contributed by atoms with Gasteiger partial charge in [-0.05, 0) is 12.8 Å². The molecule has 0 heterocycles. The summed E-state index contributed by atoms with van der Waals surface area (Å²) in [5.74, 6) is -0.187. The van der Waals surface area contributed by atoms with Crippen LogP contribution < -0.4 is 0 Å². The van der Waals surface area contributed by atoms with Crippen molar-refractivity contribution in [2.75, 3.05) is 165 Å². The molecule has 0 aromatic heterocycles. The van der Waals surface area contributed by atoms with E-state index in [1.165, 1.54) is 96.3 Å². The first-order valence-electron chi connectivity index (χ1n) is 23.9. The number of unbranched alkanes of at least 4 members (excludes halogenated alkanes) is 15. The van der Waals surface area contributed by atoms with Crippen molar-refractivity contribution in [1.29, 1.82) is 0 Å². The van der Waals surface area contributed by atoms with Crippen LogP contribution in [0, 0.1) is 0 Å². The van der Waals surface area contributed by atoms with Gasteiger partial charge < -0.3 is 61.6 Å². The van der Waals surface area contributed by atoms with E-state index in [1.807, 2.05) is 6.92 Å². The molecule has 0 radical (unpaired) electrons. The highest BCUT2D eigenvalue weighted by Crippen LogP contribution is 2.13. The zero-order valence-corrected chi connectivity index (χ0v) is 38.6. The van der Waals surface area contributed by atoms with Crippen molar-refractivity contribution < 1.29 is 66.4 Å². The molecule has 0 aliphatic heterocycles. The Hall–Kier alpha value is -1.01. The zero-order chi connectivity index (χ0) is 43.2. The van der Waals surface area contributed by atoms with E-state index < -0.39 is 0 Å². The van der Waals surface area contributed by atoms with E-state index >= 15 is 0 Å². The maximum Gasteiger partial charge on any atom is 0.305 e. The van der Waals surface area contributed by atoms with Crippen LogP contribution in [-0.2, 0) is 66.4 Å². The molecule has 0 N–H and O–H groups in total. The highest BCUT2D eigenvalue weighted by Gasteiger charge is 2.01. The molecule has 0 aliphatic carbocycles. The first kappa shape index (κ1) is 59.0. The molecule has 0 aromatic rings. The Morgan fingerprint density at radius 1 is 0.233 bits per heavy atom. The largest absolute Gasteiger partial charge is 0.463 e. The molecule has 0 fully saturated rings. The summed E-state index contributed by atoms with van der Waals surface area (Å²) in [6.45, 7) is 17.1. The first-order valence-corrected chi connectivity index (χ1v) is 23.9. The number of hydrogen-bond acceptors (Lipinski definition) is 14. The Morgan fingerprint density at radius 2 is 0.433 bits per heavy atom. The predicted molar refractivity (Wildman–Crippen MR) is 235 cm³/mol. The van der Waals surface area contributed by atoms with Crippen LogP contribution in [0.25, 0.3) is 0 Å². The normalized spacial score (nSPS) is 11.6. The van der Waals surface area contributed by atoms with Gasteiger partial charge >= 0.3 is 5.97 Å². The van der Waals surface area contributed by atoms with Crippen molar-refractivity contribution in [1.82, 2.24) is 0 Å². The molecule has 0 unspecified atom stereocenters. The Balaban J connectivity index is 3.07. The minimum Gasteiger partial charge on any atom is -0.463 e. The molecule has 0 saturated carbocycles. The molecule has 0 aliphatic rings. The molecule has 0 saturated heterocycles. The van der Waals surface area contributed by atoms with E-state index in [0.29, 0.717) is 158 Å². The summed E-state index contributed by atoms with van der Waals surface area (Å²) >= 11 is 0. The Bertz CT molecular complexity index is 781. The second kappa shape index (κ2) is 56.0. The van der Waals surface area contributed by atoms with Crippen molar-refractivity contribution >= 4 is 5.97 Å². The molecule has 0 aromatic carbocycles. The molecule has 0 amide bonds. The van der Waals surface area contributed by atoms with E-state index in [2.05, 4.69) is 6.92 Å². The van der Waals surface area contributed by atoms with Gasteiger partial charge in [-0.15, -0.1) is 0 Å². The minimum atomic E-state index is -0.187. The molecule has 0 bridgehead atoms. The predicted octanol–water partition coefficient (Wildman–Crippen LogP) is 7.79. The molecule has 60 heavy (non-hydrogen) atoms. The lowest BCUT2D eigenvalue weighted by Gasteiger charge is -2.09. The second-order valence-corrected chi connectivity index (χ2v) is 14.6. The third kappa shape index (κ3) is 55.0. The fraction of sp³-hybridized carbons (Fsp3) is 0.978. The van der Waals surface area contributed by atoms with Gasteiger partial charge in [0.15, 0.2) is 0 Å². The molecular weight excluding hydrogens is 776 g/mol. The number of carbonyl (C=O) groups is 1. The molecule has 360 valence electrons. The van der Waals surface area contributed by atoms with Gasteiger partial charge in [0.1, 0.15) is 6.61 Å². The first-order chi connectivity index (χ1) is 29.8. The number of carbonyl (C=O) groups excluding carboxylic acids is 1. The Kier molecular flexibility index (Phi) is 55.1. The maximum absolute atomic E-state index is 11.2. The van der Waals surface area contributed by atoms with Crippen molar-refractivity contribution in [2.45, 2.75) is 129 Å². The van der Waals surface area contributed by atoms with Gasteiger partial charge in [-0.25, -0.2) is 0 Å². The zero-order valence-electron chi connectivity index (χ0n) is 38.6. The van der Waals surface area contributed by atoms with Crippen molar-refractivity contribution in [3.8, 4) is 0 Å². The average Bonchev–Trinajstić information content (AvgIpc) is 3.25. The number of esters is 1. The van der Waals surface area contributed by atoms with Gasteiger partial charge in [-0.1, -0.05) is 110 Å². The van der Waals surface area contributed by atoms with Crippen LogP contribution >= 0.6 is 0 Å². The summed E-state index contributed by atoms with van der Waals surface area (Å²) < 4.78 is 71.1. The summed E-state index contributed by atoms with van der Waals surface area (Å²) in [6, 6.07) is 0. The highest BCUT2D eigenvalue weighted by atomic mass is 16.6. The summed E-state index contributed by atoms with van der Waals surface area (Å²) in [4.78, 5) is 11.2. The van der Waals surface area contributed by atoms with Gasteiger partial charge in [0.25, 0.3) is 0 Å². The molecule has 14 nitrogen and oxygen atoms in total. The summed E-state index contributed by atoms with van der Waals surface area (Å²) in [6.07, 6.45) is 23.4. The molecule has 0 rings (SSSR count). The summed E-state index contributed by atoms with van der Waals surface area (Å²) in [5.41, 5.74) is 0. The SMILES string of the molecule is CCCCCCCCCCCCCCCCCCOCCOCCOCCOCCOCCOCCOCCOCCOCCOCCOCCOCCOC(=O)CCC. The van der Waals surface area contributed by atoms with E-state index in [4.69, 9.17) is 61.6 Å². The van der Waals surface area contributed by atoms with Crippen LogP contribution in [0.3, 0.4) is 0 Å². The van der Waals surface area contributed by atoms with Crippen LogP contribution in [0.1, 0.15) is 129 Å². The standard InChI is InChI=1S/C46H92O14/c1-3-5-6-7-8-9-10-11-12-13-14-15-16-17-18-19-21-48-22-23-49-24-25-50-26-27-51-28-29-52-30-31-53-32-33-54-34-35-55-36-37-56-38-39-57-40-41-58-42-43-59-44-45-60-46(47)20-4-2/h3-45H2,1-2H3. The number of ether oxygens (including phenoxy) is 13. The fourth-order valence-corrected chi connectivity index (χ4v) is 5.76. The maximum atomic E-state index is 11.2. The molecule has 0 spiro atoms. The van der Waals surface area contributed by atoms with Crippen molar-refractivity contribution in [3.63, 3.8) is 0 Å². The van der Waals surface area contributed by atoms with E-state index in [-0.39, 0.29) is 12.6 Å². The highest BCUT2D eigenvalue weighted by molar-refractivity contribution is 5.69. The third-order valence-electron chi connectivity index (χ3n) is 9.18. The van der Waals surface area contributed by atoms with Crippen LogP contribution in [0.2, 0.25) is 0 Å². The second-order valence-electron chi connectivity index (χ2n) is 14.6. The lowest BCUT2D eigenvalue weighted by Crippen LogP contribution is -2.15. The minimum absolute atomic E-state index is 0.187. The number of hydrogen-bond donors (Lipinski definition) is 0. The van der Waals surface area contributed by atoms with Crippen LogP contribution in [0.5, 0.6) is 0 Å². The molecule has 0 atom stereocenters. The van der Waals surface area contributed by atoms with Gasteiger partial charge in [-0.3, -0.25) is 4.79 Å². The Morgan fingerprint density at radius 3 is 0.667 bits per heavy atom. The smallest absolute Gasteiger partial charge is 0.305 e. The van der Waals surface area contributed by atoms with Gasteiger partial charge in [0.2, 0.25) is 0 Å². The van der Waals surface area contributed by atoms with Crippen LogP contribution in [-0.4, -0.2) is 171 Å². The lowest BCUT2D eigenvalue weighted by atomic mass is 10.0. The average molecular weight is 869 g/mol. The monoisotopic (exact) mass is 869 g/mol. The fourth-order valence-electron chi connectivity index (χ4n) is 5.76. The Labute approximate surface area is 366 Å². The number of rotatable bonds is 55. The van der Waals surface area contributed by atoms with Crippen molar-refractivity contribution in [2.24, 2.45) is 0 Å². The van der Waals surface area contributed by atoms with E-state index in [0.717, 1.165) is 19.4 Å². The van der Waals surface area contributed by atoms with Gasteiger partial charge in [0.05, 0.1) is 152 Å². The topological polar surface area (TPSA) is 137 Å². The van der Waals surface area contributed by atoms with E-state index in [1.54, 1.807) is 0 Å². The molecule has 14 heteroatoms. The quantitative estimate of drug-likeness (QED) is 0.0435. The van der Waals surface area contributed by atoms with E-state index in [9.17, 15) is 4.79 Å². The summed E-state index contributed by atoms with van der Waals surface area (Å²) in [7, 11) is 0. The van der Waals surface area contributed by atoms with Gasteiger partial charge in [-0.2, -0.15) is 0 Å². The summed E-state index contributed by atoms with van der Waals surface area (Å²) in [5, 5.41) is 0. The van der Waals surface area contributed by atoms with Crippen LogP contribution in [0.4, 0.5) is 0 Å². The van der Waals surface area contributed by atoms with Crippen molar-refractivity contribution in [3.05, 3.63) is 0 Å². The van der Waals surface area contributed by atoms with Gasteiger partial charge in [0, 0.05) is 13.0 Å². The lowest BCUT2D eigenvalue weighted by molar-refractivity contribution is -0.145. The molecular formula is C46H92O14. The van der Waals surface area contributed by atoms with Crippen LogP contribution in [0.15, 0.2) is 0 Å². The third-order valence-corrected chi connectivity index (χ3v) is 9.18.